The van der Waals surface area contributed by atoms with Gasteiger partial charge in [0.1, 0.15) is 0 Å². The first kappa shape index (κ1) is 23.6. The second-order valence-electron chi connectivity index (χ2n) is 9.45. The lowest BCUT2D eigenvalue weighted by Crippen LogP contribution is -2.44. The van der Waals surface area contributed by atoms with E-state index in [9.17, 15) is 0 Å². The second-order valence-corrected chi connectivity index (χ2v) is 9.45. The van der Waals surface area contributed by atoms with Crippen LogP contribution in [0.2, 0.25) is 0 Å². The van der Waals surface area contributed by atoms with E-state index in [0.29, 0.717) is 6.04 Å². The van der Waals surface area contributed by atoms with Crippen molar-refractivity contribution < 1.29 is 0 Å². The van der Waals surface area contributed by atoms with E-state index >= 15 is 0 Å². The van der Waals surface area contributed by atoms with Crippen LogP contribution in [0.5, 0.6) is 0 Å². The van der Waals surface area contributed by atoms with E-state index in [-0.39, 0.29) is 0 Å². The van der Waals surface area contributed by atoms with Gasteiger partial charge < -0.3 is 25.8 Å². The van der Waals surface area contributed by atoms with Gasteiger partial charge in [0.25, 0.3) is 0 Å². The summed E-state index contributed by atoms with van der Waals surface area (Å²) in [4.78, 5) is 6.09. The molecule has 1 aliphatic rings. The average Bonchev–Trinajstić information content (AvgIpc) is 3.36. The van der Waals surface area contributed by atoms with Crippen molar-refractivity contribution in [3.63, 3.8) is 0 Å². The highest BCUT2D eigenvalue weighted by molar-refractivity contribution is 5.86. The highest BCUT2D eigenvalue weighted by Gasteiger charge is 2.19. The third-order valence-electron chi connectivity index (χ3n) is 6.93. The first-order chi connectivity index (χ1) is 17.3. The maximum Gasteiger partial charge on any atom is 0.0465 e. The molecule has 1 fully saturated rings. The lowest BCUT2D eigenvalue weighted by atomic mass is 10.0. The fraction of sp³-hybridized carbons (Fsp3) is 0.333. The highest BCUT2D eigenvalue weighted by atomic mass is 15.1. The molecular weight excluding hydrogens is 430 g/mol. The van der Waals surface area contributed by atoms with E-state index in [1.165, 1.54) is 46.3 Å². The van der Waals surface area contributed by atoms with Crippen molar-refractivity contribution >= 4 is 16.6 Å². The summed E-state index contributed by atoms with van der Waals surface area (Å²) in [7, 11) is 0. The zero-order valence-electron chi connectivity index (χ0n) is 20.5. The summed E-state index contributed by atoms with van der Waals surface area (Å²) in [5, 5.41) is 12.0. The smallest absolute Gasteiger partial charge is 0.0465 e. The summed E-state index contributed by atoms with van der Waals surface area (Å²) in [5.41, 5.74) is 6.29. The van der Waals surface area contributed by atoms with E-state index in [1.807, 2.05) is 0 Å². The van der Waals surface area contributed by atoms with Crippen molar-refractivity contribution in [2.75, 3.05) is 44.2 Å². The van der Waals surface area contributed by atoms with Gasteiger partial charge in [-0.05, 0) is 48.2 Å². The van der Waals surface area contributed by atoms with Gasteiger partial charge in [-0.1, -0.05) is 60.7 Å². The number of hydrogen-bond acceptors (Lipinski definition) is 4. The van der Waals surface area contributed by atoms with Crippen molar-refractivity contribution in [1.29, 1.82) is 0 Å². The summed E-state index contributed by atoms with van der Waals surface area (Å²) >= 11 is 0. The summed E-state index contributed by atoms with van der Waals surface area (Å²) in [6, 6.07) is 30.9. The van der Waals surface area contributed by atoms with Crippen molar-refractivity contribution in [2.24, 2.45) is 0 Å². The largest absolute Gasteiger partial charge is 0.371 e. The molecule has 4 N–H and O–H groups in total. The lowest BCUT2D eigenvalue weighted by Gasteiger charge is -2.34. The van der Waals surface area contributed by atoms with Crippen LogP contribution in [0.3, 0.4) is 0 Å². The lowest BCUT2D eigenvalue weighted by molar-refractivity contribution is 0.412. The summed E-state index contributed by atoms with van der Waals surface area (Å²) in [6.07, 6.45) is 2.38. The van der Waals surface area contributed by atoms with E-state index in [4.69, 9.17) is 0 Å². The fourth-order valence-corrected chi connectivity index (χ4v) is 4.94. The summed E-state index contributed by atoms with van der Waals surface area (Å²) in [6.45, 7) is 7.17. The van der Waals surface area contributed by atoms with Crippen molar-refractivity contribution in [3.8, 4) is 11.3 Å². The van der Waals surface area contributed by atoms with Crippen LogP contribution in [0.1, 0.15) is 18.4 Å². The topological polar surface area (TPSA) is 55.1 Å². The second kappa shape index (κ2) is 12.0. The maximum atomic E-state index is 3.75. The third-order valence-corrected chi connectivity index (χ3v) is 6.93. The van der Waals surface area contributed by atoms with Crippen LogP contribution in [-0.4, -0.2) is 50.3 Å². The van der Waals surface area contributed by atoms with Crippen LogP contribution in [0, 0.1) is 0 Å². The summed E-state index contributed by atoms with van der Waals surface area (Å²) in [5.74, 6) is 0. The molecule has 0 aliphatic carbocycles. The molecule has 182 valence electrons. The molecule has 5 rings (SSSR count). The van der Waals surface area contributed by atoms with Gasteiger partial charge in [-0.3, -0.25) is 0 Å². The molecule has 4 aromatic rings. The number of aromatic nitrogens is 1. The number of rotatable bonds is 11. The fourth-order valence-electron chi connectivity index (χ4n) is 4.94. The van der Waals surface area contributed by atoms with Gasteiger partial charge in [-0.25, -0.2) is 0 Å². The molecule has 3 aromatic carbocycles. The number of piperidine rings is 1. The normalized spacial score (nSPS) is 14.6. The molecule has 5 nitrogen and oxygen atoms in total. The van der Waals surface area contributed by atoms with E-state index in [1.54, 1.807) is 0 Å². The van der Waals surface area contributed by atoms with Crippen LogP contribution >= 0.6 is 0 Å². The van der Waals surface area contributed by atoms with Gasteiger partial charge in [0.15, 0.2) is 0 Å². The highest BCUT2D eigenvalue weighted by Crippen LogP contribution is 2.28. The Labute approximate surface area is 208 Å². The van der Waals surface area contributed by atoms with Crippen molar-refractivity contribution in [2.45, 2.75) is 25.4 Å². The Morgan fingerprint density at radius 3 is 2.37 bits per heavy atom. The predicted molar refractivity (Wildman–Crippen MR) is 148 cm³/mol. The average molecular weight is 468 g/mol. The number of H-pyrrole nitrogens is 1. The number of aromatic amines is 1. The van der Waals surface area contributed by atoms with Crippen LogP contribution in [-0.2, 0) is 6.54 Å². The van der Waals surface area contributed by atoms with Gasteiger partial charge in [-0.15, -0.1) is 0 Å². The van der Waals surface area contributed by atoms with Crippen LogP contribution in [0.4, 0.5) is 5.69 Å². The number of benzene rings is 3. The Morgan fingerprint density at radius 2 is 1.51 bits per heavy atom. The molecule has 1 saturated heterocycles. The Morgan fingerprint density at radius 1 is 0.743 bits per heavy atom. The van der Waals surface area contributed by atoms with Crippen LogP contribution in [0.15, 0.2) is 84.9 Å². The van der Waals surface area contributed by atoms with Gasteiger partial charge in [0.2, 0.25) is 0 Å². The molecule has 0 unspecified atom stereocenters. The first-order valence-corrected chi connectivity index (χ1v) is 13.0. The molecule has 5 heteroatoms. The molecule has 0 bridgehead atoms. The Bertz CT molecular complexity index is 1140. The zero-order chi connectivity index (χ0) is 23.7. The number of para-hydroxylation sites is 1. The number of nitrogens with zero attached hydrogens (tertiary/aromatic N) is 1. The number of nitrogens with one attached hydrogen (secondary N) is 4. The molecule has 0 amide bonds. The van der Waals surface area contributed by atoms with Gasteiger partial charge in [0.05, 0.1) is 0 Å². The molecule has 2 heterocycles. The number of anilines is 1. The molecular formula is C30H37N5. The minimum absolute atomic E-state index is 0.612. The quantitative estimate of drug-likeness (QED) is 0.240. The maximum absolute atomic E-state index is 3.75. The molecule has 0 saturated carbocycles. The minimum Gasteiger partial charge on any atom is -0.371 e. The van der Waals surface area contributed by atoms with Gasteiger partial charge >= 0.3 is 0 Å². The molecule has 35 heavy (non-hydrogen) atoms. The molecule has 0 atom stereocenters. The van der Waals surface area contributed by atoms with Crippen molar-refractivity contribution in [1.82, 2.24) is 20.9 Å². The monoisotopic (exact) mass is 467 g/mol. The standard InChI is InChI=1S/C30H37N5/c1-2-7-24(8-3-1)23-32-16-15-31-17-18-33-27-13-19-35(20-14-27)28-11-6-10-25(21-28)30-22-26-9-4-5-12-29(26)34-30/h1-12,21-22,27,31-34H,13-20,23H2. The molecule has 0 spiro atoms. The van der Waals surface area contributed by atoms with E-state index < -0.39 is 0 Å². The zero-order valence-corrected chi connectivity index (χ0v) is 20.5. The van der Waals surface area contributed by atoms with Gasteiger partial charge in [0, 0.05) is 74.1 Å². The van der Waals surface area contributed by atoms with E-state index in [2.05, 4.69) is 111 Å². The summed E-state index contributed by atoms with van der Waals surface area (Å²) < 4.78 is 0. The van der Waals surface area contributed by atoms with Crippen molar-refractivity contribution in [3.05, 3.63) is 90.5 Å². The van der Waals surface area contributed by atoms with Gasteiger partial charge in [-0.2, -0.15) is 0 Å². The number of fused-ring (bicyclic) bond motifs is 1. The molecule has 1 aromatic heterocycles. The Kier molecular flexibility index (Phi) is 8.11. The van der Waals surface area contributed by atoms with Crippen LogP contribution < -0.4 is 20.9 Å². The Hall–Kier alpha value is -3.12. The first-order valence-electron chi connectivity index (χ1n) is 13.0. The van der Waals surface area contributed by atoms with Crippen LogP contribution in [0.25, 0.3) is 22.2 Å². The minimum atomic E-state index is 0.612. The SMILES string of the molecule is c1ccc(CNCCNCCNC2CCN(c3cccc(-c4cc5ccccc5[nH]4)c3)CC2)cc1. The molecule has 0 radical (unpaired) electrons. The van der Waals surface area contributed by atoms with E-state index in [0.717, 1.165) is 45.8 Å². The Balaban J connectivity index is 0.999. The molecule has 1 aliphatic heterocycles. The third kappa shape index (κ3) is 6.51. The predicted octanol–water partition coefficient (Wildman–Crippen LogP) is 4.77. The number of hydrogen-bond donors (Lipinski definition) is 4.